The molecule has 0 spiro atoms. The van der Waals surface area contributed by atoms with Crippen LogP contribution in [-0.2, 0) is 16.0 Å². The normalized spacial score (nSPS) is 12.3. The zero-order chi connectivity index (χ0) is 14.6. The van der Waals surface area contributed by atoms with E-state index in [9.17, 15) is 14.0 Å². The van der Waals surface area contributed by atoms with Crippen molar-refractivity contribution in [2.24, 2.45) is 5.92 Å². The third kappa shape index (κ3) is 4.21. The molecular formula is C13H15ClFNO3. The summed E-state index contributed by atoms with van der Waals surface area (Å²) in [5.74, 6) is -2.55. The van der Waals surface area contributed by atoms with Crippen molar-refractivity contribution in [3.05, 3.63) is 34.6 Å². The van der Waals surface area contributed by atoms with Crippen molar-refractivity contribution in [2.75, 3.05) is 0 Å². The molecule has 4 nitrogen and oxygen atoms in total. The SMILES string of the molecule is CC(C)C(NC(=O)Cc1c(F)cccc1Cl)C(=O)O. The summed E-state index contributed by atoms with van der Waals surface area (Å²) < 4.78 is 13.5. The van der Waals surface area contributed by atoms with E-state index < -0.39 is 23.7 Å². The molecule has 1 unspecified atom stereocenters. The van der Waals surface area contributed by atoms with Crippen molar-refractivity contribution in [2.45, 2.75) is 26.3 Å². The van der Waals surface area contributed by atoms with Crippen LogP contribution in [0, 0.1) is 11.7 Å². The predicted molar refractivity (Wildman–Crippen MR) is 69.5 cm³/mol. The van der Waals surface area contributed by atoms with Crippen LogP contribution in [0.15, 0.2) is 18.2 Å². The topological polar surface area (TPSA) is 66.4 Å². The summed E-state index contributed by atoms with van der Waals surface area (Å²) in [5, 5.41) is 11.5. The quantitative estimate of drug-likeness (QED) is 0.873. The van der Waals surface area contributed by atoms with Gasteiger partial charge in [0.1, 0.15) is 11.9 Å². The fraction of sp³-hybridized carbons (Fsp3) is 0.385. The Labute approximate surface area is 115 Å². The van der Waals surface area contributed by atoms with Gasteiger partial charge in [-0.05, 0) is 18.1 Å². The molecule has 0 saturated heterocycles. The van der Waals surface area contributed by atoms with Crippen molar-refractivity contribution in [3.8, 4) is 0 Å². The highest BCUT2D eigenvalue weighted by Gasteiger charge is 2.24. The van der Waals surface area contributed by atoms with E-state index >= 15 is 0 Å². The molecular weight excluding hydrogens is 273 g/mol. The first-order valence-corrected chi connectivity index (χ1v) is 6.15. The summed E-state index contributed by atoms with van der Waals surface area (Å²) in [6, 6.07) is 3.11. The molecule has 1 aromatic carbocycles. The van der Waals surface area contributed by atoms with E-state index in [4.69, 9.17) is 16.7 Å². The summed E-state index contributed by atoms with van der Waals surface area (Å²) in [5.41, 5.74) is 0.0644. The third-order valence-electron chi connectivity index (χ3n) is 2.65. The summed E-state index contributed by atoms with van der Waals surface area (Å²) in [6.45, 7) is 3.35. The summed E-state index contributed by atoms with van der Waals surface area (Å²) >= 11 is 5.80. The minimum Gasteiger partial charge on any atom is -0.480 e. The second-order valence-corrected chi connectivity index (χ2v) is 4.91. The van der Waals surface area contributed by atoms with Gasteiger partial charge in [0.25, 0.3) is 0 Å². The van der Waals surface area contributed by atoms with Gasteiger partial charge in [-0.2, -0.15) is 0 Å². The maximum Gasteiger partial charge on any atom is 0.326 e. The molecule has 0 radical (unpaired) electrons. The first-order chi connectivity index (χ1) is 8.82. The number of benzene rings is 1. The van der Waals surface area contributed by atoms with Crippen LogP contribution in [0.2, 0.25) is 5.02 Å². The van der Waals surface area contributed by atoms with Crippen molar-refractivity contribution in [1.29, 1.82) is 0 Å². The van der Waals surface area contributed by atoms with E-state index in [0.717, 1.165) is 0 Å². The highest BCUT2D eigenvalue weighted by atomic mass is 35.5. The van der Waals surface area contributed by atoms with Gasteiger partial charge in [-0.1, -0.05) is 31.5 Å². The highest BCUT2D eigenvalue weighted by molar-refractivity contribution is 6.31. The number of rotatable bonds is 5. The average Bonchev–Trinajstić information content (AvgIpc) is 2.30. The molecule has 104 valence electrons. The van der Waals surface area contributed by atoms with Gasteiger partial charge in [-0.15, -0.1) is 0 Å². The molecule has 1 aromatic rings. The van der Waals surface area contributed by atoms with Crippen LogP contribution >= 0.6 is 11.6 Å². The molecule has 0 aliphatic heterocycles. The predicted octanol–water partition coefficient (Wildman–Crippen LogP) is 2.25. The minimum absolute atomic E-state index is 0.0644. The summed E-state index contributed by atoms with van der Waals surface area (Å²) in [4.78, 5) is 22.7. The number of aliphatic carboxylic acids is 1. The fourth-order valence-electron chi connectivity index (χ4n) is 1.60. The van der Waals surface area contributed by atoms with Gasteiger partial charge >= 0.3 is 5.97 Å². The Balaban J connectivity index is 2.78. The molecule has 1 rings (SSSR count). The van der Waals surface area contributed by atoms with Crippen LogP contribution in [0.5, 0.6) is 0 Å². The number of halogens is 2. The lowest BCUT2D eigenvalue weighted by Gasteiger charge is -2.18. The highest BCUT2D eigenvalue weighted by Crippen LogP contribution is 2.19. The Kier molecular flexibility index (Phi) is 5.30. The van der Waals surface area contributed by atoms with E-state index in [1.165, 1.54) is 18.2 Å². The number of carbonyl (C=O) groups is 2. The number of nitrogens with one attached hydrogen (secondary N) is 1. The number of carbonyl (C=O) groups excluding carboxylic acids is 1. The van der Waals surface area contributed by atoms with Crippen LogP contribution in [0.3, 0.4) is 0 Å². The number of hydrogen-bond donors (Lipinski definition) is 2. The van der Waals surface area contributed by atoms with E-state index in [0.29, 0.717) is 0 Å². The number of amides is 1. The van der Waals surface area contributed by atoms with Gasteiger partial charge < -0.3 is 10.4 Å². The van der Waals surface area contributed by atoms with Gasteiger partial charge in [-0.25, -0.2) is 9.18 Å². The maximum atomic E-state index is 13.5. The van der Waals surface area contributed by atoms with E-state index in [1.54, 1.807) is 13.8 Å². The van der Waals surface area contributed by atoms with Crippen molar-refractivity contribution < 1.29 is 19.1 Å². The first-order valence-electron chi connectivity index (χ1n) is 5.78. The molecule has 1 atom stereocenters. The molecule has 0 fully saturated rings. The molecule has 0 aliphatic rings. The molecule has 1 amide bonds. The Morgan fingerprint density at radius 3 is 2.53 bits per heavy atom. The number of hydrogen-bond acceptors (Lipinski definition) is 2. The van der Waals surface area contributed by atoms with E-state index in [-0.39, 0.29) is 22.9 Å². The van der Waals surface area contributed by atoms with Crippen LogP contribution in [-0.4, -0.2) is 23.0 Å². The van der Waals surface area contributed by atoms with Crippen molar-refractivity contribution in [3.63, 3.8) is 0 Å². The Hall–Kier alpha value is -1.62. The lowest BCUT2D eigenvalue weighted by Crippen LogP contribution is -2.45. The first kappa shape index (κ1) is 15.4. The Morgan fingerprint density at radius 2 is 2.05 bits per heavy atom. The largest absolute Gasteiger partial charge is 0.480 e. The second-order valence-electron chi connectivity index (χ2n) is 4.50. The van der Waals surface area contributed by atoms with Crippen molar-refractivity contribution >= 4 is 23.5 Å². The summed E-state index contributed by atoms with van der Waals surface area (Å²) in [6.07, 6.45) is -0.290. The Bertz CT molecular complexity index is 471. The molecule has 0 heterocycles. The Morgan fingerprint density at radius 1 is 1.42 bits per heavy atom. The smallest absolute Gasteiger partial charge is 0.326 e. The standard InChI is InChI=1S/C13H15ClFNO3/c1-7(2)12(13(18)19)16-11(17)6-8-9(14)4-3-5-10(8)15/h3-5,7,12H,6H2,1-2H3,(H,16,17)(H,18,19). The average molecular weight is 288 g/mol. The fourth-order valence-corrected chi connectivity index (χ4v) is 1.83. The number of carboxylic acids is 1. The minimum atomic E-state index is -1.12. The van der Waals surface area contributed by atoms with Crippen LogP contribution in [0.4, 0.5) is 4.39 Å². The zero-order valence-electron chi connectivity index (χ0n) is 10.6. The van der Waals surface area contributed by atoms with Gasteiger partial charge in [0.15, 0.2) is 0 Å². The monoisotopic (exact) mass is 287 g/mol. The van der Waals surface area contributed by atoms with Crippen LogP contribution in [0.1, 0.15) is 19.4 Å². The van der Waals surface area contributed by atoms with E-state index in [1.807, 2.05) is 0 Å². The van der Waals surface area contributed by atoms with Gasteiger partial charge in [0.2, 0.25) is 5.91 Å². The zero-order valence-corrected chi connectivity index (χ0v) is 11.4. The molecule has 0 saturated carbocycles. The third-order valence-corrected chi connectivity index (χ3v) is 3.00. The van der Waals surface area contributed by atoms with Gasteiger partial charge in [0, 0.05) is 10.6 Å². The van der Waals surface area contributed by atoms with Crippen LogP contribution < -0.4 is 5.32 Å². The maximum absolute atomic E-state index is 13.5. The summed E-state index contributed by atoms with van der Waals surface area (Å²) in [7, 11) is 0. The molecule has 0 aliphatic carbocycles. The molecule has 2 N–H and O–H groups in total. The lowest BCUT2D eigenvalue weighted by molar-refractivity contribution is -0.143. The molecule has 6 heteroatoms. The lowest BCUT2D eigenvalue weighted by atomic mass is 10.0. The van der Waals surface area contributed by atoms with Gasteiger partial charge in [0.05, 0.1) is 6.42 Å². The number of carboxylic acid groups (broad SMARTS) is 1. The molecule has 0 aromatic heterocycles. The van der Waals surface area contributed by atoms with Crippen LogP contribution in [0.25, 0.3) is 0 Å². The van der Waals surface area contributed by atoms with Crippen molar-refractivity contribution in [1.82, 2.24) is 5.32 Å². The van der Waals surface area contributed by atoms with E-state index in [2.05, 4.69) is 5.32 Å². The van der Waals surface area contributed by atoms with Gasteiger partial charge in [-0.3, -0.25) is 4.79 Å². The second kappa shape index (κ2) is 6.52. The molecule has 19 heavy (non-hydrogen) atoms. The molecule has 0 bridgehead atoms.